The molecule has 0 spiro atoms. The first-order chi connectivity index (χ1) is 34.5. The second-order valence-electron chi connectivity index (χ2n) is 20.4. The van der Waals surface area contributed by atoms with Crippen LogP contribution in [-0.4, -0.2) is 106 Å². The van der Waals surface area contributed by atoms with E-state index in [0.29, 0.717) is 44.1 Å². The van der Waals surface area contributed by atoms with Gasteiger partial charge in [-0.05, 0) is 138 Å². The Balaban J connectivity index is 0.000000274. The van der Waals surface area contributed by atoms with E-state index in [9.17, 15) is 46.2 Å². The minimum atomic E-state index is -3.45. The van der Waals surface area contributed by atoms with Gasteiger partial charge in [0.2, 0.25) is 0 Å². The van der Waals surface area contributed by atoms with Gasteiger partial charge in [0.05, 0.1) is 45.9 Å². The zero-order chi connectivity index (χ0) is 55.1. The van der Waals surface area contributed by atoms with Crippen molar-refractivity contribution in [3.05, 3.63) is 139 Å². The van der Waals surface area contributed by atoms with Gasteiger partial charge in [0.1, 0.15) is 24.4 Å². The number of amides is 2. The number of sulfone groups is 2. The molecular weight excluding hydrogens is 1070 g/mol. The van der Waals surface area contributed by atoms with E-state index in [1.54, 1.807) is 136 Å². The summed E-state index contributed by atoms with van der Waals surface area (Å²) in [6, 6.07) is 25.8. The van der Waals surface area contributed by atoms with Crippen LogP contribution in [-0.2, 0) is 48.3 Å². The highest BCUT2D eigenvalue weighted by molar-refractivity contribution is 7.93. The van der Waals surface area contributed by atoms with E-state index >= 15 is 0 Å². The lowest BCUT2D eigenvalue weighted by Crippen LogP contribution is -2.55. The van der Waals surface area contributed by atoms with E-state index in [2.05, 4.69) is 0 Å². The van der Waals surface area contributed by atoms with E-state index in [4.69, 9.17) is 55.9 Å². The van der Waals surface area contributed by atoms with Gasteiger partial charge in [-0.2, -0.15) is 0 Å². The fraction of sp³-hybridized carbons (Fsp3) is 0.481. The molecule has 2 N–H and O–H groups in total. The van der Waals surface area contributed by atoms with Gasteiger partial charge in [-0.3, -0.25) is 19.2 Å². The highest BCUT2D eigenvalue weighted by Gasteiger charge is 2.49. The molecule has 0 radical (unpaired) electrons. The Bertz CT molecular complexity index is 2650. The fourth-order valence-corrected chi connectivity index (χ4v) is 12.1. The number of nitrogens with zero attached hydrogens (tertiary/aromatic N) is 2. The monoisotopic (exact) mass is 1140 g/mol. The van der Waals surface area contributed by atoms with Gasteiger partial charge in [0.15, 0.2) is 19.7 Å². The number of halogens is 4. The van der Waals surface area contributed by atoms with Gasteiger partial charge < -0.3 is 29.5 Å². The summed E-state index contributed by atoms with van der Waals surface area (Å²) < 4.78 is 62.2. The zero-order valence-corrected chi connectivity index (χ0v) is 47.4. The standard InChI is InChI=1S/2C27H33Cl2NO6S/c2*1-5-21(13-14-37(34,35)27(2,3)4)30-24(17-9-11-19(28)12-10-17)25(18-7-6-8-20(29)15-18)36-22(26(30)33)16-23(31)32/h2*6-12,15,21-22,24-25H,5,13-14,16H2,1-4H3,(H,31,32)/t21-,22+,24+,25+;21-,22-,24+,25+/m00/s1. The van der Waals surface area contributed by atoms with Crippen molar-refractivity contribution < 1.29 is 55.7 Å². The lowest BCUT2D eigenvalue weighted by atomic mass is 9.89. The summed E-state index contributed by atoms with van der Waals surface area (Å²) in [5.74, 6) is -3.54. The topological polar surface area (TPSA) is 202 Å². The van der Waals surface area contributed by atoms with Crippen LogP contribution in [0.25, 0.3) is 0 Å². The van der Waals surface area contributed by atoms with Gasteiger partial charge in [-0.1, -0.05) is 109 Å². The van der Waals surface area contributed by atoms with E-state index in [-0.39, 0.29) is 24.3 Å². The predicted molar refractivity (Wildman–Crippen MR) is 289 cm³/mol. The first-order valence-electron chi connectivity index (χ1n) is 24.3. The Morgan fingerprint density at radius 1 is 0.541 bits per heavy atom. The van der Waals surface area contributed by atoms with E-state index in [1.165, 1.54) is 0 Å². The smallest absolute Gasteiger partial charge is 0.306 e. The second-order valence-corrected chi connectivity index (χ2v) is 27.9. The maximum Gasteiger partial charge on any atom is 0.306 e. The average Bonchev–Trinajstić information content (AvgIpc) is 3.31. The zero-order valence-electron chi connectivity index (χ0n) is 42.7. The van der Waals surface area contributed by atoms with Crippen LogP contribution < -0.4 is 0 Å². The van der Waals surface area contributed by atoms with Gasteiger partial charge >= 0.3 is 11.9 Å². The molecule has 2 aliphatic heterocycles. The SMILES string of the molecule is CC[C@@H](CCS(=O)(=O)C(C)(C)C)N1C(=O)[C@@H](CC(=O)O)O[C@H](c2cccc(Cl)c2)[C@H]1c1ccc(Cl)cc1.CC[C@@H](CCS(=O)(=O)C(C)(C)C)N1C(=O)[C@H](CC(=O)O)O[C@H](c2cccc(Cl)c2)[C@H]1c1ccc(Cl)cc1. The van der Waals surface area contributed by atoms with Crippen molar-refractivity contribution in [1.82, 2.24) is 9.80 Å². The molecule has 2 amide bonds. The van der Waals surface area contributed by atoms with Crippen molar-refractivity contribution in [1.29, 1.82) is 0 Å². The number of hydrogen-bond acceptors (Lipinski definition) is 10. The number of carbonyl (C=O) groups excluding carboxylic acids is 2. The number of benzene rings is 4. The van der Waals surface area contributed by atoms with Gasteiger partial charge in [-0.25, -0.2) is 16.8 Å². The minimum Gasteiger partial charge on any atom is -0.481 e. The van der Waals surface area contributed by atoms with Crippen LogP contribution >= 0.6 is 46.4 Å². The van der Waals surface area contributed by atoms with Crippen molar-refractivity contribution in [2.75, 3.05) is 11.5 Å². The van der Waals surface area contributed by atoms with Crippen LogP contribution in [0.1, 0.15) is 140 Å². The lowest BCUT2D eigenvalue weighted by Gasteiger charge is -2.48. The van der Waals surface area contributed by atoms with Crippen LogP contribution in [0.5, 0.6) is 0 Å². The third-order valence-electron chi connectivity index (χ3n) is 13.4. The third kappa shape index (κ3) is 15.0. The molecule has 0 saturated carbocycles. The Morgan fingerprint density at radius 3 is 1.14 bits per heavy atom. The predicted octanol–water partition coefficient (Wildman–Crippen LogP) is 11.7. The van der Waals surface area contributed by atoms with Crippen LogP contribution in [0.2, 0.25) is 20.1 Å². The molecule has 404 valence electrons. The van der Waals surface area contributed by atoms with Gasteiger partial charge in [0.25, 0.3) is 11.8 Å². The fourth-order valence-electron chi connectivity index (χ4n) is 9.07. The van der Waals surface area contributed by atoms with Gasteiger partial charge in [0, 0.05) is 32.2 Å². The molecule has 0 unspecified atom stereocenters. The molecule has 0 aliphatic carbocycles. The maximum atomic E-state index is 13.8. The molecule has 8 atom stereocenters. The Labute approximate surface area is 455 Å². The van der Waals surface area contributed by atoms with Crippen LogP contribution in [0.3, 0.4) is 0 Å². The second kappa shape index (κ2) is 25.3. The summed E-state index contributed by atoms with van der Waals surface area (Å²) in [5, 5.41) is 21.0. The number of carboxylic acid groups (broad SMARTS) is 2. The number of carbonyl (C=O) groups is 4. The average molecular weight is 1140 g/mol. The summed E-state index contributed by atoms with van der Waals surface area (Å²) in [4.78, 5) is 54.2. The summed E-state index contributed by atoms with van der Waals surface area (Å²) >= 11 is 24.8. The number of ether oxygens (including phenoxy) is 2. The lowest BCUT2D eigenvalue weighted by molar-refractivity contribution is -0.183. The van der Waals surface area contributed by atoms with Crippen LogP contribution in [0.15, 0.2) is 97.1 Å². The first-order valence-corrected chi connectivity index (χ1v) is 29.2. The molecule has 74 heavy (non-hydrogen) atoms. The minimum absolute atomic E-state index is 0.113. The molecule has 0 bridgehead atoms. The number of hydrogen-bond donors (Lipinski definition) is 2. The van der Waals surface area contributed by atoms with E-state index in [1.807, 2.05) is 26.0 Å². The third-order valence-corrected chi connectivity index (χ3v) is 19.6. The largest absolute Gasteiger partial charge is 0.481 e. The molecule has 2 aliphatic rings. The number of morpholine rings is 2. The molecule has 4 aromatic rings. The highest BCUT2D eigenvalue weighted by atomic mass is 35.5. The highest BCUT2D eigenvalue weighted by Crippen LogP contribution is 2.47. The van der Waals surface area contributed by atoms with Crippen molar-refractivity contribution in [2.45, 2.75) is 152 Å². The Kier molecular flexibility index (Phi) is 20.7. The maximum absolute atomic E-state index is 13.8. The van der Waals surface area contributed by atoms with Crippen LogP contribution in [0, 0.1) is 0 Å². The van der Waals surface area contributed by atoms with Gasteiger partial charge in [-0.15, -0.1) is 0 Å². The first kappa shape index (κ1) is 60.6. The molecule has 2 saturated heterocycles. The number of rotatable bonds is 18. The molecule has 0 aromatic heterocycles. The molecular formula is C54H66Cl4N2O12S2. The molecule has 6 rings (SSSR count). The number of carboxylic acids is 2. The Hall–Kier alpha value is -4.26. The molecule has 4 aromatic carbocycles. The molecule has 2 fully saturated rings. The summed E-state index contributed by atoms with van der Waals surface area (Å²) in [6.07, 6.45) is -3.65. The number of aliphatic carboxylic acids is 2. The van der Waals surface area contributed by atoms with Crippen molar-refractivity contribution in [2.24, 2.45) is 0 Å². The molecule has 2 heterocycles. The van der Waals surface area contributed by atoms with Crippen LogP contribution in [0.4, 0.5) is 0 Å². The molecule has 20 heteroatoms. The van der Waals surface area contributed by atoms with E-state index < -0.39 is 114 Å². The van der Waals surface area contributed by atoms with Crippen molar-refractivity contribution in [3.8, 4) is 0 Å². The van der Waals surface area contributed by atoms with Crippen molar-refractivity contribution in [3.63, 3.8) is 0 Å². The normalized spacial score (nSPS) is 21.6. The van der Waals surface area contributed by atoms with E-state index in [0.717, 1.165) is 11.1 Å². The summed E-state index contributed by atoms with van der Waals surface area (Å²) in [6.45, 7) is 13.7. The molecule has 14 nitrogen and oxygen atoms in total. The summed E-state index contributed by atoms with van der Waals surface area (Å²) in [7, 11) is -6.90. The summed E-state index contributed by atoms with van der Waals surface area (Å²) in [5.41, 5.74) is 2.82. The quantitative estimate of drug-likeness (QED) is 0.0956. The Morgan fingerprint density at radius 2 is 0.865 bits per heavy atom. The van der Waals surface area contributed by atoms with Crippen molar-refractivity contribution >= 4 is 89.8 Å².